The molecule has 2 N–H and O–H groups in total. The molecule has 0 saturated heterocycles. The van der Waals surface area contributed by atoms with Crippen molar-refractivity contribution in [2.45, 2.75) is 82.2 Å². The quantitative estimate of drug-likeness (QED) is 0.124. The summed E-state index contributed by atoms with van der Waals surface area (Å²) in [7, 11) is 3.18. The normalized spacial score (nSPS) is 15.1. The van der Waals surface area contributed by atoms with Crippen molar-refractivity contribution < 1.29 is 28.5 Å². The van der Waals surface area contributed by atoms with Gasteiger partial charge in [0.1, 0.15) is 23.9 Å². The maximum atomic E-state index is 13.6. The van der Waals surface area contributed by atoms with Crippen LogP contribution in [-0.4, -0.2) is 39.4 Å². The van der Waals surface area contributed by atoms with Crippen molar-refractivity contribution in [2.75, 3.05) is 27.4 Å². The molecule has 2 aliphatic carbocycles. The standard InChI is InChI=1S/C49H54N2O6/c1-54-39-28-29-44(46(30-39)55-2)48(51-49(53)57-32-45-42-18-12-10-16-40(42)41-17-11-13-19-43(41)45)37-24-26-38(27-25-37)56-33-47(52)50-31-34-20-22-36(23-21-34)35-14-8-6-4-3-5-7-9-15-35/h10-13,16-30,35,45,48H,3-9,14-15,31-33H2,1-2H3,(H,50,52)(H,51,53). The van der Waals surface area contributed by atoms with Gasteiger partial charge in [-0.25, -0.2) is 4.79 Å². The van der Waals surface area contributed by atoms with Gasteiger partial charge >= 0.3 is 6.09 Å². The van der Waals surface area contributed by atoms with E-state index in [0.29, 0.717) is 29.7 Å². The zero-order valence-corrected chi connectivity index (χ0v) is 33.1. The van der Waals surface area contributed by atoms with Gasteiger partial charge in [0.2, 0.25) is 0 Å². The highest BCUT2D eigenvalue weighted by Gasteiger charge is 2.30. The van der Waals surface area contributed by atoms with Gasteiger partial charge in [0.05, 0.1) is 20.3 Å². The number of amides is 2. The highest BCUT2D eigenvalue weighted by atomic mass is 16.5. The minimum Gasteiger partial charge on any atom is -0.497 e. The number of methoxy groups -OCH3 is 2. The lowest BCUT2D eigenvalue weighted by atomic mass is 9.86. The fourth-order valence-electron chi connectivity index (χ4n) is 8.36. The summed E-state index contributed by atoms with van der Waals surface area (Å²) in [6.07, 6.45) is 11.4. The molecule has 5 aromatic carbocycles. The summed E-state index contributed by atoms with van der Waals surface area (Å²) in [5.41, 5.74) is 8.60. The molecule has 296 valence electrons. The molecule has 5 aromatic rings. The number of hydrogen-bond donors (Lipinski definition) is 2. The second-order valence-corrected chi connectivity index (χ2v) is 15.1. The van der Waals surface area contributed by atoms with Crippen LogP contribution in [0.2, 0.25) is 0 Å². The highest BCUT2D eigenvalue weighted by molar-refractivity contribution is 5.79. The van der Waals surface area contributed by atoms with Crippen molar-refractivity contribution in [3.8, 4) is 28.4 Å². The zero-order chi connectivity index (χ0) is 39.4. The molecule has 8 nitrogen and oxygen atoms in total. The van der Waals surface area contributed by atoms with Crippen LogP contribution < -0.4 is 24.8 Å². The van der Waals surface area contributed by atoms with Crippen LogP contribution in [0.4, 0.5) is 4.79 Å². The summed E-state index contributed by atoms with van der Waals surface area (Å²) in [6, 6.07) is 37.5. The monoisotopic (exact) mass is 766 g/mol. The van der Waals surface area contributed by atoms with Gasteiger partial charge in [0.15, 0.2) is 6.61 Å². The summed E-state index contributed by atoms with van der Waals surface area (Å²) in [6.45, 7) is 0.513. The smallest absolute Gasteiger partial charge is 0.407 e. The number of benzene rings is 5. The van der Waals surface area contributed by atoms with Crippen LogP contribution in [0.3, 0.4) is 0 Å². The van der Waals surface area contributed by atoms with E-state index in [1.807, 2.05) is 48.5 Å². The molecule has 2 amide bonds. The molecule has 0 radical (unpaired) electrons. The summed E-state index contributed by atoms with van der Waals surface area (Å²) in [5, 5.41) is 6.07. The minimum atomic E-state index is -0.619. The van der Waals surface area contributed by atoms with Crippen molar-refractivity contribution in [3.05, 3.63) is 149 Å². The maximum Gasteiger partial charge on any atom is 0.407 e. The van der Waals surface area contributed by atoms with E-state index >= 15 is 0 Å². The fourth-order valence-corrected chi connectivity index (χ4v) is 8.36. The van der Waals surface area contributed by atoms with E-state index < -0.39 is 12.1 Å². The van der Waals surface area contributed by atoms with E-state index in [-0.39, 0.29) is 25.0 Å². The number of ether oxygens (including phenoxy) is 4. The SMILES string of the molecule is COc1ccc(C(NC(=O)OCC2c3ccccc3-c3ccccc32)c2ccc(OCC(=O)NCc3ccc(C4CCCCCCCCC4)cc3)cc2)c(OC)c1. The molecule has 1 saturated carbocycles. The van der Waals surface area contributed by atoms with Crippen LogP contribution in [0.15, 0.2) is 115 Å². The third-order valence-corrected chi connectivity index (χ3v) is 11.5. The van der Waals surface area contributed by atoms with Crippen molar-refractivity contribution in [2.24, 2.45) is 0 Å². The summed E-state index contributed by atoms with van der Waals surface area (Å²) >= 11 is 0. The van der Waals surface area contributed by atoms with Gasteiger partial charge in [-0.05, 0) is 82.0 Å². The Kier molecular flexibility index (Phi) is 13.4. The number of rotatable bonds is 13. The molecular formula is C49H54N2O6. The molecule has 1 atom stereocenters. The molecular weight excluding hydrogens is 713 g/mol. The van der Waals surface area contributed by atoms with E-state index in [1.54, 1.807) is 32.4 Å². The van der Waals surface area contributed by atoms with Crippen molar-refractivity contribution in [1.29, 1.82) is 0 Å². The molecule has 0 heterocycles. The molecule has 1 fully saturated rings. The topological polar surface area (TPSA) is 95.1 Å². The fraction of sp³-hybridized carbons (Fsp3) is 0.347. The first-order chi connectivity index (χ1) is 28.0. The Bertz CT molecular complexity index is 2040. The van der Waals surface area contributed by atoms with Crippen LogP contribution in [0, 0.1) is 0 Å². The number of alkyl carbamates (subject to hydrolysis) is 1. The molecule has 0 aromatic heterocycles. The van der Waals surface area contributed by atoms with Crippen LogP contribution in [0.25, 0.3) is 11.1 Å². The molecule has 7 rings (SSSR count). The second-order valence-electron chi connectivity index (χ2n) is 15.1. The van der Waals surface area contributed by atoms with Crippen LogP contribution >= 0.6 is 0 Å². The van der Waals surface area contributed by atoms with Crippen molar-refractivity contribution in [1.82, 2.24) is 10.6 Å². The first kappa shape index (κ1) is 39.5. The third kappa shape index (κ3) is 9.98. The molecule has 8 heteroatoms. The Labute approximate surface area is 336 Å². The molecule has 57 heavy (non-hydrogen) atoms. The average molecular weight is 767 g/mol. The van der Waals surface area contributed by atoms with Gasteiger partial charge in [-0.15, -0.1) is 0 Å². The Morgan fingerprint density at radius 2 is 1.30 bits per heavy atom. The Morgan fingerprint density at radius 1 is 0.684 bits per heavy atom. The lowest BCUT2D eigenvalue weighted by Crippen LogP contribution is -2.31. The molecule has 1 unspecified atom stereocenters. The Balaban J connectivity index is 0.964. The molecule has 0 bridgehead atoms. The number of nitrogens with one attached hydrogen (secondary N) is 2. The largest absolute Gasteiger partial charge is 0.497 e. The van der Waals surface area contributed by atoms with Gasteiger partial charge in [0.25, 0.3) is 5.91 Å². The molecule has 0 aliphatic heterocycles. The maximum absolute atomic E-state index is 13.6. The molecule has 0 spiro atoms. The van der Waals surface area contributed by atoms with Crippen LogP contribution in [-0.2, 0) is 16.1 Å². The first-order valence-corrected chi connectivity index (χ1v) is 20.4. The third-order valence-electron chi connectivity index (χ3n) is 11.5. The number of hydrogen-bond acceptors (Lipinski definition) is 6. The van der Waals surface area contributed by atoms with E-state index in [2.05, 4.69) is 59.2 Å². The van der Waals surface area contributed by atoms with E-state index in [1.165, 1.54) is 63.4 Å². The van der Waals surface area contributed by atoms with Crippen molar-refractivity contribution in [3.63, 3.8) is 0 Å². The van der Waals surface area contributed by atoms with Gasteiger partial charge in [0, 0.05) is 24.1 Å². The predicted octanol–water partition coefficient (Wildman–Crippen LogP) is 10.6. The summed E-state index contributed by atoms with van der Waals surface area (Å²) in [5.74, 6) is 2.07. The van der Waals surface area contributed by atoms with Crippen LogP contribution in [0.5, 0.6) is 17.2 Å². The van der Waals surface area contributed by atoms with Gasteiger partial charge in [-0.1, -0.05) is 130 Å². The summed E-state index contributed by atoms with van der Waals surface area (Å²) < 4.78 is 23.0. The number of fused-ring (bicyclic) bond motifs is 3. The number of carbonyl (C=O) groups excluding carboxylic acids is 2. The Morgan fingerprint density at radius 3 is 1.93 bits per heavy atom. The lowest BCUT2D eigenvalue weighted by Gasteiger charge is -2.23. The minimum absolute atomic E-state index is 0.0682. The van der Waals surface area contributed by atoms with Gasteiger partial charge in [-0.2, -0.15) is 0 Å². The summed E-state index contributed by atoms with van der Waals surface area (Å²) in [4.78, 5) is 26.4. The van der Waals surface area contributed by atoms with E-state index in [9.17, 15) is 9.59 Å². The van der Waals surface area contributed by atoms with E-state index in [0.717, 1.165) is 38.9 Å². The lowest BCUT2D eigenvalue weighted by molar-refractivity contribution is -0.123. The number of carbonyl (C=O) groups is 2. The average Bonchev–Trinajstić information content (AvgIpc) is 3.58. The second kappa shape index (κ2) is 19.4. The predicted molar refractivity (Wildman–Crippen MR) is 224 cm³/mol. The van der Waals surface area contributed by atoms with Gasteiger partial charge < -0.3 is 29.6 Å². The van der Waals surface area contributed by atoms with E-state index in [4.69, 9.17) is 18.9 Å². The van der Waals surface area contributed by atoms with Gasteiger partial charge in [-0.3, -0.25) is 4.79 Å². The molecule has 2 aliphatic rings. The zero-order valence-electron chi connectivity index (χ0n) is 33.1. The first-order valence-electron chi connectivity index (χ1n) is 20.4. The highest BCUT2D eigenvalue weighted by Crippen LogP contribution is 2.44. The van der Waals surface area contributed by atoms with Crippen LogP contribution in [0.1, 0.15) is 109 Å². The Hall–Kier alpha value is -5.76. The van der Waals surface area contributed by atoms with Crippen molar-refractivity contribution >= 4 is 12.0 Å².